The number of rotatable bonds is 5. The van der Waals surface area contributed by atoms with Gasteiger partial charge < -0.3 is 10.4 Å². The lowest BCUT2D eigenvalue weighted by molar-refractivity contribution is -0.118. The van der Waals surface area contributed by atoms with Crippen molar-refractivity contribution in [1.82, 2.24) is 5.32 Å². The maximum absolute atomic E-state index is 11.8. The lowest BCUT2D eigenvalue weighted by Crippen LogP contribution is -2.43. The monoisotopic (exact) mass is 363 g/mol. The molecular formula is C11H11Br2NO3. The summed E-state index contributed by atoms with van der Waals surface area (Å²) in [5, 5.41) is 10.9. The summed E-state index contributed by atoms with van der Waals surface area (Å²) in [4.78, 5) is 22.4. The number of ketones is 1. The molecule has 2 N–H and O–H groups in total. The second kappa shape index (κ2) is 6.76. The van der Waals surface area contributed by atoms with E-state index in [1.165, 1.54) is 0 Å². The van der Waals surface area contributed by atoms with Gasteiger partial charge in [-0.2, -0.15) is 0 Å². The summed E-state index contributed by atoms with van der Waals surface area (Å²) in [7, 11) is 0. The van der Waals surface area contributed by atoms with Crippen molar-refractivity contribution < 1.29 is 14.7 Å². The molecule has 0 saturated carbocycles. The highest BCUT2D eigenvalue weighted by molar-refractivity contribution is 9.25. The highest BCUT2D eigenvalue weighted by atomic mass is 79.9. The van der Waals surface area contributed by atoms with E-state index in [0.717, 1.165) is 5.56 Å². The number of benzene rings is 1. The van der Waals surface area contributed by atoms with Crippen molar-refractivity contribution in [3.8, 4) is 0 Å². The summed E-state index contributed by atoms with van der Waals surface area (Å²) in [5.41, 5.74) is 0.903. The topological polar surface area (TPSA) is 66.4 Å². The Kier molecular flexibility index (Phi) is 5.64. The number of carbonyl (C=O) groups excluding carboxylic acids is 1. The molecule has 6 heteroatoms. The van der Waals surface area contributed by atoms with Crippen LogP contribution in [-0.2, 0) is 11.2 Å². The summed E-state index contributed by atoms with van der Waals surface area (Å²) in [6, 6.07) is 8.48. The van der Waals surface area contributed by atoms with Gasteiger partial charge in [-0.05, 0) is 12.0 Å². The van der Waals surface area contributed by atoms with Crippen LogP contribution in [0, 0.1) is 0 Å². The van der Waals surface area contributed by atoms with Crippen molar-refractivity contribution in [3.05, 3.63) is 35.9 Å². The lowest BCUT2D eigenvalue weighted by Gasteiger charge is -2.16. The van der Waals surface area contributed by atoms with Gasteiger partial charge in [-0.15, -0.1) is 0 Å². The second-order valence-corrected chi connectivity index (χ2v) is 6.45. The van der Waals surface area contributed by atoms with Crippen molar-refractivity contribution in [2.75, 3.05) is 0 Å². The summed E-state index contributed by atoms with van der Waals surface area (Å²) in [5.74, 6) is -0.253. The second-order valence-electron chi connectivity index (χ2n) is 3.39. The molecule has 1 atom stereocenters. The number of carbonyl (C=O) groups is 2. The van der Waals surface area contributed by atoms with Crippen LogP contribution in [0.2, 0.25) is 0 Å². The molecule has 17 heavy (non-hydrogen) atoms. The summed E-state index contributed by atoms with van der Waals surface area (Å²) in [6.45, 7) is 0. The predicted octanol–water partition coefficient (Wildman–Crippen LogP) is 2.55. The zero-order valence-corrected chi connectivity index (χ0v) is 11.9. The molecule has 0 aliphatic carbocycles. The van der Waals surface area contributed by atoms with E-state index in [-0.39, 0.29) is 5.78 Å². The molecule has 0 fully saturated rings. The third-order valence-corrected chi connectivity index (χ3v) is 3.04. The summed E-state index contributed by atoms with van der Waals surface area (Å²) >= 11 is 6.16. The van der Waals surface area contributed by atoms with Gasteiger partial charge in [0, 0.05) is 0 Å². The first-order valence-corrected chi connectivity index (χ1v) is 6.69. The molecule has 1 aromatic rings. The average Bonchev–Trinajstić information content (AvgIpc) is 2.28. The number of nitrogens with one attached hydrogen (secondary N) is 1. The first-order valence-electron chi connectivity index (χ1n) is 4.86. The van der Waals surface area contributed by atoms with Gasteiger partial charge in [-0.1, -0.05) is 62.2 Å². The Hall–Kier alpha value is -0.880. The van der Waals surface area contributed by atoms with E-state index in [9.17, 15) is 9.59 Å². The third-order valence-electron chi connectivity index (χ3n) is 2.14. The van der Waals surface area contributed by atoms with Gasteiger partial charge >= 0.3 is 6.09 Å². The highest BCUT2D eigenvalue weighted by Gasteiger charge is 2.25. The van der Waals surface area contributed by atoms with Crippen LogP contribution in [-0.4, -0.2) is 26.8 Å². The predicted molar refractivity (Wildman–Crippen MR) is 71.7 cm³/mol. The fourth-order valence-electron chi connectivity index (χ4n) is 1.37. The maximum Gasteiger partial charge on any atom is 0.405 e. The molecule has 0 aliphatic rings. The Morgan fingerprint density at radius 3 is 2.29 bits per heavy atom. The van der Waals surface area contributed by atoms with Crippen LogP contribution in [0.25, 0.3) is 0 Å². The van der Waals surface area contributed by atoms with E-state index in [1.807, 2.05) is 30.3 Å². The number of halogens is 2. The largest absolute Gasteiger partial charge is 0.465 e. The molecule has 0 heterocycles. The Bertz CT molecular complexity index is 395. The summed E-state index contributed by atoms with van der Waals surface area (Å²) in [6.07, 6.45) is -0.875. The van der Waals surface area contributed by atoms with Crippen molar-refractivity contribution in [2.45, 2.75) is 16.2 Å². The van der Waals surface area contributed by atoms with Gasteiger partial charge in [-0.3, -0.25) is 4.79 Å². The fourth-order valence-corrected chi connectivity index (χ4v) is 2.01. The smallest absolute Gasteiger partial charge is 0.405 e. The molecule has 1 unspecified atom stereocenters. The minimum absolute atomic E-state index is 0.253. The van der Waals surface area contributed by atoms with Crippen LogP contribution in [0.3, 0.4) is 0 Å². The van der Waals surface area contributed by atoms with Crippen LogP contribution in [0.15, 0.2) is 30.3 Å². The minimum atomic E-state index is -1.21. The number of hydrogen-bond donors (Lipinski definition) is 2. The molecule has 4 nitrogen and oxygen atoms in total. The Morgan fingerprint density at radius 1 is 1.24 bits per heavy atom. The van der Waals surface area contributed by atoms with Crippen LogP contribution in [0.5, 0.6) is 0 Å². The van der Waals surface area contributed by atoms with Gasteiger partial charge in [0.1, 0.15) is 3.74 Å². The van der Waals surface area contributed by atoms with E-state index in [2.05, 4.69) is 37.2 Å². The fraction of sp³-hybridized carbons (Fsp3) is 0.273. The normalized spacial score (nSPS) is 12.2. The maximum atomic E-state index is 11.8. The van der Waals surface area contributed by atoms with E-state index >= 15 is 0 Å². The number of Topliss-reactive ketones (excluding diaryl/α,β-unsaturated/α-hetero) is 1. The van der Waals surface area contributed by atoms with Gasteiger partial charge in [0.05, 0.1) is 6.04 Å². The molecule has 0 saturated heterocycles. The molecule has 1 rings (SSSR count). The first kappa shape index (κ1) is 14.2. The molecule has 1 aromatic carbocycles. The van der Waals surface area contributed by atoms with Gasteiger partial charge in [-0.25, -0.2) is 4.79 Å². The van der Waals surface area contributed by atoms with E-state index in [0.29, 0.717) is 6.42 Å². The van der Waals surface area contributed by atoms with Crippen LogP contribution in [0.4, 0.5) is 4.79 Å². The number of hydrogen-bond acceptors (Lipinski definition) is 2. The molecule has 92 valence electrons. The Morgan fingerprint density at radius 2 is 1.82 bits per heavy atom. The van der Waals surface area contributed by atoms with Crippen LogP contribution < -0.4 is 5.32 Å². The molecule has 0 spiro atoms. The SMILES string of the molecule is O=C(O)NC(Cc1ccccc1)C(=O)C(Br)Br. The molecule has 0 aliphatic heterocycles. The average molecular weight is 365 g/mol. The molecular weight excluding hydrogens is 354 g/mol. The quantitative estimate of drug-likeness (QED) is 0.789. The van der Waals surface area contributed by atoms with E-state index in [1.54, 1.807) is 0 Å². The van der Waals surface area contributed by atoms with Gasteiger partial charge in [0.25, 0.3) is 0 Å². The van der Waals surface area contributed by atoms with Crippen LogP contribution in [0.1, 0.15) is 5.56 Å². The third kappa shape index (κ3) is 4.87. The van der Waals surface area contributed by atoms with Crippen molar-refractivity contribution >= 4 is 43.7 Å². The molecule has 0 radical (unpaired) electrons. The van der Waals surface area contributed by atoms with Crippen molar-refractivity contribution in [2.24, 2.45) is 0 Å². The first-order chi connectivity index (χ1) is 8.00. The molecule has 0 bridgehead atoms. The highest BCUT2D eigenvalue weighted by Crippen LogP contribution is 2.14. The zero-order valence-electron chi connectivity index (χ0n) is 8.77. The van der Waals surface area contributed by atoms with Crippen LogP contribution >= 0.6 is 31.9 Å². The standard InChI is InChI=1S/C11H11Br2NO3/c12-10(13)9(15)8(14-11(16)17)6-7-4-2-1-3-5-7/h1-5,8,10,14H,6H2,(H,16,17). The van der Waals surface area contributed by atoms with E-state index < -0.39 is 15.9 Å². The minimum Gasteiger partial charge on any atom is -0.465 e. The number of amides is 1. The van der Waals surface area contributed by atoms with Crippen molar-refractivity contribution in [1.29, 1.82) is 0 Å². The zero-order chi connectivity index (χ0) is 12.8. The lowest BCUT2D eigenvalue weighted by atomic mass is 10.0. The van der Waals surface area contributed by atoms with Gasteiger partial charge in [0.15, 0.2) is 5.78 Å². The van der Waals surface area contributed by atoms with Gasteiger partial charge in [0.2, 0.25) is 0 Å². The number of carboxylic acid groups (broad SMARTS) is 1. The Labute approximate surface area is 116 Å². The molecule has 0 aromatic heterocycles. The molecule has 1 amide bonds. The van der Waals surface area contributed by atoms with Crippen molar-refractivity contribution in [3.63, 3.8) is 0 Å². The van der Waals surface area contributed by atoms with E-state index in [4.69, 9.17) is 5.11 Å². The summed E-state index contributed by atoms with van der Waals surface area (Å²) < 4.78 is -0.560. The number of alkyl halides is 2. The Balaban J connectivity index is 2.77.